The number of nitrogens with one attached hydrogen (secondary N) is 1. The van der Waals surface area contributed by atoms with Crippen molar-refractivity contribution in [3.8, 4) is 0 Å². The van der Waals surface area contributed by atoms with Crippen molar-refractivity contribution in [3.63, 3.8) is 0 Å². The molecule has 1 N–H and O–H groups in total. The Kier molecular flexibility index (Phi) is 6.07. The van der Waals surface area contributed by atoms with E-state index in [9.17, 15) is 0 Å². The van der Waals surface area contributed by atoms with E-state index in [0.29, 0.717) is 16.1 Å². The monoisotopic (exact) mass is 400 g/mol. The average Bonchev–Trinajstić information content (AvgIpc) is 2.84. The van der Waals surface area contributed by atoms with Crippen molar-refractivity contribution >= 4 is 34.1 Å². The molecule has 1 fully saturated rings. The van der Waals surface area contributed by atoms with Gasteiger partial charge < -0.3 is 9.88 Å². The summed E-state index contributed by atoms with van der Waals surface area (Å²) in [4.78, 5) is 0. The van der Waals surface area contributed by atoms with E-state index in [4.69, 9.17) is 23.2 Å². The lowest BCUT2D eigenvalue weighted by molar-refractivity contribution is 0.459. The summed E-state index contributed by atoms with van der Waals surface area (Å²) in [7, 11) is 0. The fourth-order valence-electron chi connectivity index (χ4n) is 4.17. The molecule has 1 aliphatic carbocycles. The summed E-state index contributed by atoms with van der Waals surface area (Å²) >= 11 is 12.3. The maximum absolute atomic E-state index is 6.20. The smallest absolute Gasteiger partial charge is 0.0595 e. The van der Waals surface area contributed by atoms with Crippen molar-refractivity contribution in [2.75, 3.05) is 0 Å². The molecule has 0 bridgehead atoms. The van der Waals surface area contributed by atoms with Crippen molar-refractivity contribution < 1.29 is 0 Å². The largest absolute Gasteiger partial charge is 0.343 e. The Hall–Kier alpha value is -1.48. The summed E-state index contributed by atoms with van der Waals surface area (Å²) in [6.07, 6.45) is 10.4. The SMILES string of the molecule is Clc1ccc(Cn2cc(CNC3CCCCCC3)c3ccccc32)cc1Cl. The Balaban J connectivity index is 1.55. The Labute approximate surface area is 171 Å². The number of para-hydroxylation sites is 1. The molecule has 1 aromatic heterocycles. The van der Waals surface area contributed by atoms with Gasteiger partial charge in [-0.2, -0.15) is 0 Å². The van der Waals surface area contributed by atoms with Gasteiger partial charge in [-0.3, -0.25) is 0 Å². The van der Waals surface area contributed by atoms with Crippen molar-refractivity contribution in [1.29, 1.82) is 0 Å². The van der Waals surface area contributed by atoms with Crippen LogP contribution in [0.25, 0.3) is 10.9 Å². The first-order chi connectivity index (χ1) is 13.2. The van der Waals surface area contributed by atoms with Crippen LogP contribution < -0.4 is 5.32 Å². The lowest BCUT2D eigenvalue weighted by Crippen LogP contribution is -2.27. The van der Waals surface area contributed by atoms with Crippen LogP contribution in [0, 0.1) is 0 Å². The molecule has 4 rings (SSSR count). The number of rotatable bonds is 5. The summed E-state index contributed by atoms with van der Waals surface area (Å²) in [6, 6.07) is 15.2. The number of benzene rings is 2. The van der Waals surface area contributed by atoms with E-state index in [1.54, 1.807) is 0 Å². The molecule has 0 spiro atoms. The Morgan fingerprint density at radius 2 is 1.70 bits per heavy atom. The predicted molar refractivity (Wildman–Crippen MR) is 116 cm³/mol. The van der Waals surface area contributed by atoms with Gasteiger partial charge in [-0.05, 0) is 42.2 Å². The first-order valence-electron chi connectivity index (χ1n) is 9.95. The van der Waals surface area contributed by atoms with Crippen LogP contribution >= 0.6 is 23.2 Å². The zero-order valence-corrected chi connectivity index (χ0v) is 17.1. The van der Waals surface area contributed by atoms with Gasteiger partial charge in [0, 0.05) is 36.2 Å². The van der Waals surface area contributed by atoms with Gasteiger partial charge in [-0.1, -0.05) is 73.2 Å². The zero-order valence-electron chi connectivity index (χ0n) is 15.6. The van der Waals surface area contributed by atoms with Crippen molar-refractivity contribution in [2.24, 2.45) is 0 Å². The highest BCUT2D eigenvalue weighted by molar-refractivity contribution is 6.42. The molecule has 2 nitrogen and oxygen atoms in total. The summed E-state index contributed by atoms with van der Waals surface area (Å²) in [6.45, 7) is 1.72. The van der Waals surface area contributed by atoms with Crippen LogP contribution in [0.2, 0.25) is 10.0 Å². The topological polar surface area (TPSA) is 17.0 Å². The molecule has 0 saturated heterocycles. The minimum Gasteiger partial charge on any atom is -0.343 e. The number of nitrogens with zero attached hydrogens (tertiary/aromatic N) is 1. The Morgan fingerprint density at radius 1 is 0.926 bits per heavy atom. The molecule has 1 saturated carbocycles. The molecule has 1 aliphatic rings. The van der Waals surface area contributed by atoms with Gasteiger partial charge in [-0.25, -0.2) is 0 Å². The van der Waals surface area contributed by atoms with Crippen LogP contribution in [-0.4, -0.2) is 10.6 Å². The van der Waals surface area contributed by atoms with Crippen LogP contribution in [0.1, 0.15) is 49.7 Å². The Bertz CT molecular complexity index is 908. The average molecular weight is 401 g/mol. The molecular weight excluding hydrogens is 375 g/mol. The lowest BCUT2D eigenvalue weighted by Gasteiger charge is -2.15. The first-order valence-corrected chi connectivity index (χ1v) is 10.7. The Morgan fingerprint density at radius 3 is 2.48 bits per heavy atom. The van der Waals surface area contributed by atoms with Crippen LogP contribution in [0.4, 0.5) is 0 Å². The molecule has 142 valence electrons. The van der Waals surface area contributed by atoms with Crippen LogP contribution in [-0.2, 0) is 13.1 Å². The van der Waals surface area contributed by atoms with Gasteiger partial charge >= 0.3 is 0 Å². The number of hydrogen-bond acceptors (Lipinski definition) is 1. The van der Waals surface area contributed by atoms with Crippen LogP contribution in [0.15, 0.2) is 48.7 Å². The molecule has 0 aliphatic heterocycles. The van der Waals surface area contributed by atoms with Crippen molar-refractivity contribution in [2.45, 2.75) is 57.7 Å². The van der Waals surface area contributed by atoms with Crippen LogP contribution in [0.5, 0.6) is 0 Å². The van der Waals surface area contributed by atoms with Gasteiger partial charge in [0.05, 0.1) is 10.0 Å². The van der Waals surface area contributed by atoms with Gasteiger partial charge in [-0.15, -0.1) is 0 Å². The van der Waals surface area contributed by atoms with E-state index in [2.05, 4.69) is 40.3 Å². The highest BCUT2D eigenvalue weighted by Crippen LogP contribution is 2.26. The normalized spacial score (nSPS) is 15.9. The third-order valence-corrected chi connectivity index (χ3v) is 6.38. The van der Waals surface area contributed by atoms with Crippen molar-refractivity contribution in [3.05, 3.63) is 69.8 Å². The molecular formula is C23H26Cl2N2. The van der Waals surface area contributed by atoms with Gasteiger partial charge in [0.1, 0.15) is 0 Å². The minimum atomic E-state index is 0.603. The van der Waals surface area contributed by atoms with Crippen molar-refractivity contribution in [1.82, 2.24) is 9.88 Å². The van der Waals surface area contributed by atoms with E-state index in [-0.39, 0.29) is 0 Å². The quantitative estimate of drug-likeness (QED) is 0.465. The van der Waals surface area contributed by atoms with Gasteiger partial charge in [0.25, 0.3) is 0 Å². The molecule has 0 amide bonds. The molecule has 0 atom stereocenters. The first kappa shape index (κ1) is 18.9. The highest BCUT2D eigenvalue weighted by Gasteiger charge is 2.14. The molecule has 1 heterocycles. The van der Waals surface area contributed by atoms with E-state index in [1.165, 1.54) is 55.0 Å². The number of aromatic nitrogens is 1. The molecule has 0 radical (unpaired) electrons. The maximum Gasteiger partial charge on any atom is 0.0595 e. The van der Waals surface area contributed by atoms with Gasteiger partial charge in [0.15, 0.2) is 0 Å². The molecule has 2 aromatic carbocycles. The maximum atomic E-state index is 6.20. The summed E-state index contributed by atoms with van der Waals surface area (Å²) in [5, 5.41) is 6.36. The second-order valence-electron chi connectivity index (χ2n) is 7.62. The summed E-state index contributed by atoms with van der Waals surface area (Å²) in [5.74, 6) is 0. The van der Waals surface area contributed by atoms with E-state index < -0.39 is 0 Å². The fourth-order valence-corrected chi connectivity index (χ4v) is 4.49. The van der Waals surface area contributed by atoms with E-state index >= 15 is 0 Å². The molecule has 27 heavy (non-hydrogen) atoms. The number of hydrogen-bond donors (Lipinski definition) is 1. The summed E-state index contributed by atoms with van der Waals surface area (Å²) in [5.41, 5.74) is 3.80. The minimum absolute atomic E-state index is 0.603. The third-order valence-electron chi connectivity index (χ3n) is 5.64. The second-order valence-corrected chi connectivity index (χ2v) is 8.43. The van der Waals surface area contributed by atoms with E-state index in [0.717, 1.165) is 18.7 Å². The predicted octanol–water partition coefficient (Wildman–Crippen LogP) is 6.81. The molecule has 0 unspecified atom stereocenters. The van der Waals surface area contributed by atoms with Crippen LogP contribution in [0.3, 0.4) is 0 Å². The third kappa shape index (κ3) is 4.51. The van der Waals surface area contributed by atoms with Gasteiger partial charge in [0.2, 0.25) is 0 Å². The number of fused-ring (bicyclic) bond motifs is 1. The molecule has 4 heteroatoms. The zero-order chi connectivity index (χ0) is 18.6. The second kappa shape index (κ2) is 8.68. The highest BCUT2D eigenvalue weighted by atomic mass is 35.5. The summed E-state index contributed by atoms with van der Waals surface area (Å²) < 4.78 is 2.32. The molecule has 3 aromatic rings. The fraction of sp³-hybridized carbons (Fsp3) is 0.391. The van der Waals surface area contributed by atoms with E-state index in [1.807, 2.05) is 18.2 Å². The number of halogens is 2. The lowest BCUT2D eigenvalue weighted by atomic mass is 10.1. The standard InChI is InChI=1S/C23H26Cl2N2/c24-21-12-11-17(13-22(21)25)15-27-16-18(20-9-5-6-10-23(20)27)14-26-19-7-3-1-2-4-8-19/h5-6,9-13,16,19,26H,1-4,7-8,14-15H2.